The van der Waals surface area contributed by atoms with Crippen LogP contribution < -0.4 is 10.6 Å². The molecule has 0 aliphatic rings. The third-order valence-electron chi connectivity index (χ3n) is 3.57. The highest BCUT2D eigenvalue weighted by atomic mass is 32.1. The molecule has 0 aliphatic heterocycles. The number of aromatic nitrogens is 3. The van der Waals surface area contributed by atoms with E-state index in [-0.39, 0.29) is 0 Å². The van der Waals surface area contributed by atoms with Gasteiger partial charge in [-0.05, 0) is 43.7 Å². The van der Waals surface area contributed by atoms with Gasteiger partial charge in [-0.25, -0.2) is 15.0 Å². The minimum Gasteiger partial charge on any atom is -0.357 e. The third kappa shape index (κ3) is 4.90. The zero-order valence-electron chi connectivity index (χ0n) is 14.4. The normalized spacial score (nSPS) is 11.5. The maximum atomic E-state index is 4.67. The number of rotatable bonds is 6. The second kappa shape index (κ2) is 8.43. The van der Waals surface area contributed by atoms with Crippen molar-refractivity contribution in [3.8, 4) is 5.82 Å². The molecule has 0 saturated heterocycles. The molecule has 130 valence electrons. The van der Waals surface area contributed by atoms with Gasteiger partial charge in [0.05, 0.1) is 13.1 Å². The highest BCUT2D eigenvalue weighted by molar-refractivity contribution is 7.11. The monoisotopic (exact) mass is 354 g/mol. The highest BCUT2D eigenvalue weighted by Gasteiger charge is 2.02. The minimum absolute atomic E-state index is 0.586. The number of hydrogen-bond donors (Lipinski definition) is 2. The van der Waals surface area contributed by atoms with E-state index >= 15 is 0 Å². The van der Waals surface area contributed by atoms with Crippen LogP contribution in [0.3, 0.4) is 0 Å². The van der Waals surface area contributed by atoms with Crippen LogP contribution in [0.25, 0.3) is 5.82 Å². The van der Waals surface area contributed by atoms with Crippen molar-refractivity contribution < 1.29 is 0 Å². The molecule has 0 aliphatic carbocycles. The van der Waals surface area contributed by atoms with E-state index in [1.807, 2.05) is 22.9 Å². The summed E-state index contributed by atoms with van der Waals surface area (Å²) in [4.78, 5) is 15.7. The van der Waals surface area contributed by atoms with E-state index < -0.39 is 0 Å². The highest BCUT2D eigenvalue weighted by Crippen LogP contribution is 2.14. The number of pyridine rings is 1. The van der Waals surface area contributed by atoms with Crippen molar-refractivity contribution in [2.24, 2.45) is 4.99 Å². The molecule has 25 heavy (non-hydrogen) atoms. The number of nitrogens with zero attached hydrogens (tertiary/aromatic N) is 4. The second-order valence-corrected chi connectivity index (χ2v) is 6.93. The first-order valence-corrected chi connectivity index (χ1v) is 9.07. The van der Waals surface area contributed by atoms with Crippen molar-refractivity contribution in [1.82, 2.24) is 25.2 Å². The molecule has 0 aromatic carbocycles. The summed E-state index contributed by atoms with van der Waals surface area (Å²) in [5, 5.41) is 6.67. The second-order valence-electron chi connectivity index (χ2n) is 5.55. The summed E-state index contributed by atoms with van der Waals surface area (Å²) in [7, 11) is 0. The number of imidazole rings is 1. The minimum atomic E-state index is 0.586. The summed E-state index contributed by atoms with van der Waals surface area (Å²) in [5.74, 6) is 1.66. The van der Waals surface area contributed by atoms with Crippen molar-refractivity contribution in [1.29, 1.82) is 0 Å². The fourth-order valence-electron chi connectivity index (χ4n) is 2.36. The zero-order chi connectivity index (χ0) is 17.5. The Morgan fingerprint density at radius 3 is 2.88 bits per heavy atom. The molecular formula is C18H22N6S. The molecule has 7 heteroatoms. The number of hydrogen-bond acceptors (Lipinski definition) is 4. The van der Waals surface area contributed by atoms with Gasteiger partial charge < -0.3 is 10.6 Å². The van der Waals surface area contributed by atoms with Gasteiger partial charge in [0.2, 0.25) is 0 Å². The molecule has 0 saturated carbocycles. The van der Waals surface area contributed by atoms with Crippen LogP contribution in [-0.4, -0.2) is 27.0 Å². The van der Waals surface area contributed by atoms with Crippen LogP contribution >= 0.6 is 11.3 Å². The maximum absolute atomic E-state index is 4.67. The van der Waals surface area contributed by atoms with Gasteiger partial charge in [-0.1, -0.05) is 0 Å². The van der Waals surface area contributed by atoms with Crippen molar-refractivity contribution in [3.05, 3.63) is 64.5 Å². The van der Waals surface area contributed by atoms with Crippen LogP contribution in [0.4, 0.5) is 0 Å². The van der Waals surface area contributed by atoms with E-state index in [2.05, 4.69) is 51.6 Å². The van der Waals surface area contributed by atoms with Crippen LogP contribution in [0.1, 0.15) is 22.2 Å². The molecular weight excluding hydrogens is 332 g/mol. The Hall–Kier alpha value is -2.67. The van der Waals surface area contributed by atoms with E-state index in [0.717, 1.165) is 30.4 Å². The van der Waals surface area contributed by atoms with Gasteiger partial charge in [0.15, 0.2) is 5.96 Å². The fraction of sp³-hybridized carbons (Fsp3) is 0.278. The van der Waals surface area contributed by atoms with E-state index in [0.29, 0.717) is 6.54 Å². The Morgan fingerprint density at radius 1 is 1.24 bits per heavy atom. The van der Waals surface area contributed by atoms with Gasteiger partial charge in [-0.3, -0.25) is 4.57 Å². The Balaban J connectivity index is 1.65. The predicted molar refractivity (Wildman–Crippen MR) is 102 cm³/mol. The largest absolute Gasteiger partial charge is 0.357 e. The molecule has 0 bridgehead atoms. The third-order valence-corrected chi connectivity index (χ3v) is 4.57. The van der Waals surface area contributed by atoms with Crippen LogP contribution in [0.2, 0.25) is 0 Å². The molecule has 0 unspecified atom stereocenters. The lowest BCUT2D eigenvalue weighted by molar-refractivity contribution is 0.822. The Labute approximate surface area is 151 Å². The average Bonchev–Trinajstić information content (AvgIpc) is 3.29. The lowest BCUT2D eigenvalue weighted by atomic mass is 10.2. The fourth-order valence-corrected chi connectivity index (χ4v) is 3.19. The molecule has 0 radical (unpaired) electrons. The van der Waals surface area contributed by atoms with Crippen molar-refractivity contribution in [3.63, 3.8) is 0 Å². The molecule has 6 nitrogen and oxygen atoms in total. The molecule has 3 rings (SSSR count). The van der Waals surface area contributed by atoms with Crippen LogP contribution in [-0.2, 0) is 13.1 Å². The van der Waals surface area contributed by atoms with Crippen molar-refractivity contribution in [2.75, 3.05) is 6.54 Å². The van der Waals surface area contributed by atoms with Crippen LogP contribution in [0, 0.1) is 6.92 Å². The van der Waals surface area contributed by atoms with E-state index in [1.165, 1.54) is 9.75 Å². The summed E-state index contributed by atoms with van der Waals surface area (Å²) in [6, 6.07) is 8.30. The first-order valence-electron chi connectivity index (χ1n) is 8.25. The number of thiophene rings is 1. The first-order chi connectivity index (χ1) is 12.2. The molecule has 3 aromatic rings. The topological polar surface area (TPSA) is 67.1 Å². The molecule has 0 atom stereocenters. The molecule has 3 heterocycles. The van der Waals surface area contributed by atoms with Gasteiger partial charge in [-0.15, -0.1) is 11.3 Å². The number of guanidine groups is 1. The molecule has 2 N–H and O–H groups in total. The Kier molecular flexibility index (Phi) is 5.79. The molecule has 3 aromatic heterocycles. The van der Waals surface area contributed by atoms with E-state index in [1.54, 1.807) is 30.1 Å². The van der Waals surface area contributed by atoms with Crippen LogP contribution in [0.15, 0.2) is 54.2 Å². The van der Waals surface area contributed by atoms with Gasteiger partial charge in [-0.2, -0.15) is 0 Å². The van der Waals surface area contributed by atoms with Crippen LogP contribution in [0.5, 0.6) is 0 Å². The molecule has 0 amide bonds. The summed E-state index contributed by atoms with van der Waals surface area (Å²) in [6.45, 7) is 6.38. The predicted octanol–water partition coefficient (Wildman–Crippen LogP) is 2.89. The quantitative estimate of drug-likeness (QED) is 0.528. The molecule has 0 fully saturated rings. The molecule has 0 spiro atoms. The smallest absolute Gasteiger partial charge is 0.191 e. The zero-order valence-corrected chi connectivity index (χ0v) is 15.3. The summed E-state index contributed by atoms with van der Waals surface area (Å²) >= 11 is 1.80. The summed E-state index contributed by atoms with van der Waals surface area (Å²) in [5.41, 5.74) is 1.10. The summed E-state index contributed by atoms with van der Waals surface area (Å²) in [6.07, 6.45) is 7.16. The van der Waals surface area contributed by atoms with Gasteiger partial charge in [0.25, 0.3) is 0 Å². The van der Waals surface area contributed by atoms with Crippen molar-refractivity contribution >= 4 is 17.3 Å². The lowest BCUT2D eigenvalue weighted by Crippen LogP contribution is -2.36. The Morgan fingerprint density at radius 2 is 2.16 bits per heavy atom. The lowest BCUT2D eigenvalue weighted by Gasteiger charge is -2.10. The van der Waals surface area contributed by atoms with Gasteiger partial charge >= 0.3 is 0 Å². The van der Waals surface area contributed by atoms with E-state index in [4.69, 9.17) is 0 Å². The van der Waals surface area contributed by atoms with E-state index in [9.17, 15) is 0 Å². The average molecular weight is 354 g/mol. The number of nitrogens with one attached hydrogen (secondary N) is 2. The number of aryl methyl sites for hydroxylation is 1. The SMILES string of the molecule is CCNC(=NCc1ccnc(-n2ccnc2)c1)NCc1ccc(C)s1. The number of aliphatic imine (C=N–C) groups is 1. The standard InChI is InChI=1S/C18H22N6S/c1-3-20-18(23-12-16-5-4-14(2)25-16)22-11-15-6-7-21-17(10-15)24-9-8-19-13-24/h4-10,13H,3,11-12H2,1-2H3,(H2,20,22,23). The maximum Gasteiger partial charge on any atom is 0.191 e. The van der Waals surface area contributed by atoms with Crippen molar-refractivity contribution in [2.45, 2.75) is 26.9 Å². The van der Waals surface area contributed by atoms with Gasteiger partial charge in [0.1, 0.15) is 12.1 Å². The Bertz CT molecular complexity index is 822. The first kappa shape index (κ1) is 17.2. The van der Waals surface area contributed by atoms with Gasteiger partial charge in [0, 0.05) is 34.9 Å². The summed E-state index contributed by atoms with van der Waals surface area (Å²) < 4.78 is 1.88.